The van der Waals surface area contributed by atoms with Crippen molar-refractivity contribution in [2.24, 2.45) is 0 Å². The van der Waals surface area contributed by atoms with E-state index in [4.69, 9.17) is 16.3 Å². The smallest absolute Gasteiger partial charge is 0.128 e. The fourth-order valence-corrected chi connectivity index (χ4v) is 2.00. The molecule has 0 N–H and O–H groups in total. The van der Waals surface area contributed by atoms with Crippen LogP contribution in [0, 0.1) is 0 Å². The van der Waals surface area contributed by atoms with E-state index in [0.717, 1.165) is 23.7 Å². The molecule has 0 unspecified atom stereocenters. The monoisotopic (exact) mass is 276 g/mol. The summed E-state index contributed by atoms with van der Waals surface area (Å²) in [5.74, 6) is 2.30. The summed E-state index contributed by atoms with van der Waals surface area (Å²) in [6.45, 7) is 0.794. The van der Waals surface area contributed by atoms with E-state index in [2.05, 4.69) is 22.0 Å². The number of anilines is 1. The number of halogens is 1. The van der Waals surface area contributed by atoms with Crippen LogP contribution in [0.25, 0.3) is 0 Å². The third kappa shape index (κ3) is 3.61. The topological polar surface area (TPSA) is 25.4 Å². The Balaban J connectivity index is 2.08. The number of methoxy groups -OCH3 is 1. The van der Waals surface area contributed by atoms with Crippen LogP contribution in [-0.2, 0) is 12.4 Å². The average Bonchev–Trinajstić information content (AvgIpc) is 2.48. The van der Waals surface area contributed by atoms with Crippen LogP contribution in [0.2, 0.25) is 0 Å². The summed E-state index contributed by atoms with van der Waals surface area (Å²) in [5, 5.41) is 0. The van der Waals surface area contributed by atoms with Crippen LogP contribution in [-0.4, -0.2) is 19.1 Å². The number of alkyl halides is 1. The fraction of sp³-hybridized carbons (Fsp3) is 0.267. The molecule has 0 aliphatic rings. The lowest BCUT2D eigenvalue weighted by atomic mass is 10.2. The van der Waals surface area contributed by atoms with Crippen LogP contribution >= 0.6 is 11.6 Å². The van der Waals surface area contributed by atoms with Crippen molar-refractivity contribution < 1.29 is 4.74 Å². The Hall–Kier alpha value is -1.74. The first kappa shape index (κ1) is 13.7. The first-order valence-corrected chi connectivity index (χ1v) is 6.61. The molecule has 1 aromatic carbocycles. The zero-order valence-corrected chi connectivity index (χ0v) is 11.9. The van der Waals surface area contributed by atoms with Crippen molar-refractivity contribution in [3.63, 3.8) is 0 Å². The molecule has 0 saturated heterocycles. The minimum atomic E-state index is 0.506. The number of rotatable bonds is 5. The number of benzene rings is 1. The van der Waals surface area contributed by atoms with Crippen molar-refractivity contribution in [3.8, 4) is 5.75 Å². The SMILES string of the molecule is COc1ccc(CN(C)c2cc(CCl)ccn2)cc1. The van der Waals surface area contributed by atoms with Crippen molar-refractivity contribution in [3.05, 3.63) is 53.7 Å². The zero-order valence-electron chi connectivity index (χ0n) is 11.1. The van der Waals surface area contributed by atoms with Crippen molar-refractivity contribution in [1.82, 2.24) is 4.98 Å². The molecule has 0 aliphatic carbocycles. The van der Waals surface area contributed by atoms with Crippen LogP contribution in [0.4, 0.5) is 5.82 Å². The van der Waals surface area contributed by atoms with E-state index >= 15 is 0 Å². The van der Waals surface area contributed by atoms with E-state index in [-0.39, 0.29) is 0 Å². The van der Waals surface area contributed by atoms with Crippen LogP contribution in [0.5, 0.6) is 5.75 Å². The number of ether oxygens (including phenoxy) is 1. The van der Waals surface area contributed by atoms with Gasteiger partial charge < -0.3 is 9.64 Å². The molecular weight excluding hydrogens is 260 g/mol. The molecule has 0 saturated carbocycles. The van der Waals surface area contributed by atoms with E-state index < -0.39 is 0 Å². The Morgan fingerprint density at radius 2 is 1.89 bits per heavy atom. The molecule has 0 radical (unpaired) electrons. The normalized spacial score (nSPS) is 10.3. The van der Waals surface area contributed by atoms with Gasteiger partial charge in [0, 0.05) is 25.7 Å². The summed E-state index contributed by atoms with van der Waals surface area (Å²) in [5.41, 5.74) is 2.29. The summed E-state index contributed by atoms with van der Waals surface area (Å²) < 4.78 is 5.15. The van der Waals surface area contributed by atoms with Crippen molar-refractivity contribution >= 4 is 17.4 Å². The summed E-state index contributed by atoms with van der Waals surface area (Å²) in [6, 6.07) is 12.0. The first-order valence-electron chi connectivity index (χ1n) is 6.08. The molecule has 0 amide bonds. The van der Waals surface area contributed by atoms with Crippen LogP contribution in [0.15, 0.2) is 42.6 Å². The second-order valence-electron chi connectivity index (χ2n) is 4.36. The van der Waals surface area contributed by atoms with Crippen LogP contribution in [0.3, 0.4) is 0 Å². The molecule has 4 heteroatoms. The van der Waals surface area contributed by atoms with Crippen molar-refractivity contribution in [1.29, 1.82) is 0 Å². The fourth-order valence-electron chi connectivity index (χ4n) is 1.84. The van der Waals surface area contributed by atoms with Gasteiger partial charge in [0.25, 0.3) is 0 Å². The quantitative estimate of drug-likeness (QED) is 0.782. The van der Waals surface area contributed by atoms with E-state index in [0.29, 0.717) is 5.88 Å². The number of pyridine rings is 1. The summed E-state index contributed by atoms with van der Waals surface area (Å²) in [6.07, 6.45) is 1.79. The maximum Gasteiger partial charge on any atom is 0.128 e. The highest BCUT2D eigenvalue weighted by Crippen LogP contribution is 2.17. The van der Waals surface area contributed by atoms with Gasteiger partial charge in [-0.25, -0.2) is 4.98 Å². The van der Waals surface area contributed by atoms with E-state index in [1.165, 1.54) is 5.56 Å². The maximum atomic E-state index is 5.84. The predicted molar refractivity (Wildman–Crippen MR) is 78.9 cm³/mol. The van der Waals surface area contributed by atoms with Gasteiger partial charge in [-0.05, 0) is 35.4 Å². The summed E-state index contributed by atoms with van der Waals surface area (Å²) in [7, 11) is 3.69. The van der Waals surface area contributed by atoms with Gasteiger partial charge in [0.05, 0.1) is 7.11 Å². The molecule has 1 aromatic heterocycles. The summed E-state index contributed by atoms with van der Waals surface area (Å²) >= 11 is 5.84. The minimum absolute atomic E-state index is 0.506. The van der Waals surface area contributed by atoms with Crippen molar-refractivity contribution in [2.45, 2.75) is 12.4 Å². The van der Waals surface area contributed by atoms with Gasteiger partial charge in [-0.1, -0.05) is 12.1 Å². The Kier molecular flexibility index (Phi) is 4.63. The Bertz CT molecular complexity index is 528. The molecule has 0 spiro atoms. The third-order valence-electron chi connectivity index (χ3n) is 2.93. The zero-order chi connectivity index (χ0) is 13.7. The minimum Gasteiger partial charge on any atom is -0.497 e. The third-order valence-corrected chi connectivity index (χ3v) is 3.24. The van der Waals surface area contributed by atoms with Gasteiger partial charge in [-0.15, -0.1) is 11.6 Å². The maximum absolute atomic E-state index is 5.84. The molecule has 1 heterocycles. The van der Waals surface area contributed by atoms with Gasteiger partial charge in [0.2, 0.25) is 0 Å². The second kappa shape index (κ2) is 6.43. The molecule has 0 bridgehead atoms. The standard InChI is InChI=1S/C15H17ClN2O/c1-18(15-9-13(10-16)7-8-17-15)11-12-3-5-14(19-2)6-4-12/h3-9H,10-11H2,1-2H3. The molecule has 0 fully saturated rings. The first-order chi connectivity index (χ1) is 9.22. The van der Waals surface area contributed by atoms with E-state index in [1.54, 1.807) is 13.3 Å². The molecule has 0 aliphatic heterocycles. The largest absolute Gasteiger partial charge is 0.497 e. The molecule has 100 valence electrons. The number of aromatic nitrogens is 1. The second-order valence-corrected chi connectivity index (χ2v) is 4.63. The highest BCUT2D eigenvalue weighted by Gasteiger charge is 2.04. The van der Waals surface area contributed by atoms with Gasteiger partial charge in [0.15, 0.2) is 0 Å². The van der Waals surface area contributed by atoms with Crippen LogP contribution < -0.4 is 9.64 Å². The molecule has 2 rings (SSSR count). The number of nitrogens with zero attached hydrogens (tertiary/aromatic N) is 2. The van der Waals surface area contributed by atoms with Gasteiger partial charge in [-0.3, -0.25) is 0 Å². The Morgan fingerprint density at radius 1 is 1.16 bits per heavy atom. The number of hydrogen-bond acceptors (Lipinski definition) is 3. The Labute approximate surface area is 118 Å². The van der Waals surface area contributed by atoms with Crippen LogP contribution in [0.1, 0.15) is 11.1 Å². The molecule has 19 heavy (non-hydrogen) atoms. The lowest BCUT2D eigenvalue weighted by Crippen LogP contribution is -2.17. The lowest BCUT2D eigenvalue weighted by molar-refractivity contribution is 0.414. The molecular formula is C15H17ClN2O. The van der Waals surface area contributed by atoms with E-state index in [1.807, 2.05) is 31.3 Å². The predicted octanol–water partition coefficient (Wildman–Crippen LogP) is 3.47. The van der Waals surface area contributed by atoms with Gasteiger partial charge >= 0.3 is 0 Å². The molecule has 0 atom stereocenters. The highest BCUT2D eigenvalue weighted by atomic mass is 35.5. The Morgan fingerprint density at radius 3 is 2.53 bits per heavy atom. The van der Waals surface area contributed by atoms with Gasteiger partial charge in [0.1, 0.15) is 11.6 Å². The van der Waals surface area contributed by atoms with Gasteiger partial charge in [-0.2, -0.15) is 0 Å². The highest BCUT2D eigenvalue weighted by molar-refractivity contribution is 6.17. The average molecular weight is 277 g/mol. The van der Waals surface area contributed by atoms with Crippen molar-refractivity contribution in [2.75, 3.05) is 19.1 Å². The lowest BCUT2D eigenvalue weighted by Gasteiger charge is -2.18. The summed E-state index contributed by atoms with van der Waals surface area (Å²) in [4.78, 5) is 6.45. The molecule has 3 nitrogen and oxygen atoms in total. The van der Waals surface area contributed by atoms with E-state index in [9.17, 15) is 0 Å². The molecule has 2 aromatic rings. The number of hydrogen-bond donors (Lipinski definition) is 0.